The molecular weight excluding hydrogens is 442 g/mol. The first kappa shape index (κ1) is 23.8. The van der Waals surface area contributed by atoms with Gasteiger partial charge in [0.05, 0.1) is 30.3 Å². The Morgan fingerprint density at radius 2 is 1.86 bits per heavy atom. The van der Waals surface area contributed by atoms with Crippen molar-refractivity contribution in [1.82, 2.24) is 14.8 Å². The smallest absolute Gasteiger partial charge is 0.157 e. The van der Waals surface area contributed by atoms with Crippen molar-refractivity contribution in [2.24, 2.45) is 0 Å². The summed E-state index contributed by atoms with van der Waals surface area (Å²) in [6.45, 7) is 4.30. The minimum absolute atomic E-state index is 0.108. The molecular formula is C28H27N3O4. The molecule has 2 heterocycles. The maximum atomic E-state index is 11.4. The van der Waals surface area contributed by atoms with Gasteiger partial charge < -0.3 is 14.6 Å². The molecule has 2 aromatic heterocycles. The van der Waals surface area contributed by atoms with Gasteiger partial charge in [0.15, 0.2) is 6.29 Å². The lowest BCUT2D eigenvalue weighted by Gasteiger charge is -2.16. The average Bonchev–Trinajstić information content (AvgIpc) is 3.31. The largest absolute Gasteiger partial charge is 0.507 e. The molecule has 4 aromatic rings. The molecule has 0 fully saturated rings. The summed E-state index contributed by atoms with van der Waals surface area (Å²) < 4.78 is 13.1. The Morgan fingerprint density at radius 1 is 1.06 bits per heavy atom. The Morgan fingerprint density at radius 3 is 2.57 bits per heavy atom. The molecule has 0 radical (unpaired) electrons. The molecule has 0 bridgehead atoms. The van der Waals surface area contributed by atoms with Crippen molar-refractivity contribution >= 4 is 18.4 Å². The first-order chi connectivity index (χ1) is 17.0. The van der Waals surface area contributed by atoms with Crippen LogP contribution in [0.15, 0.2) is 67.0 Å². The molecule has 2 aromatic carbocycles. The minimum atomic E-state index is -0.118. The molecule has 0 saturated carbocycles. The van der Waals surface area contributed by atoms with Crippen molar-refractivity contribution in [1.29, 1.82) is 0 Å². The summed E-state index contributed by atoms with van der Waals surface area (Å²) in [5, 5.41) is 14.6. The van der Waals surface area contributed by atoms with Crippen LogP contribution in [0.5, 0.6) is 17.2 Å². The normalized spacial score (nSPS) is 11.2. The van der Waals surface area contributed by atoms with Gasteiger partial charge in [0, 0.05) is 23.4 Å². The summed E-state index contributed by atoms with van der Waals surface area (Å²) in [5.41, 5.74) is 4.50. The molecule has 0 aliphatic rings. The van der Waals surface area contributed by atoms with Crippen LogP contribution < -0.4 is 9.47 Å². The van der Waals surface area contributed by atoms with Crippen LogP contribution in [0, 0.1) is 0 Å². The lowest BCUT2D eigenvalue weighted by Crippen LogP contribution is -2.08. The third-order valence-electron chi connectivity index (χ3n) is 5.54. The van der Waals surface area contributed by atoms with E-state index >= 15 is 0 Å². The number of hydrogen-bond donors (Lipinski definition) is 1. The highest BCUT2D eigenvalue weighted by atomic mass is 16.5. The van der Waals surface area contributed by atoms with E-state index in [2.05, 4.69) is 23.9 Å². The number of pyridine rings is 1. The number of phenolic OH excluding ortho intramolecular Hbond substituents is 1. The van der Waals surface area contributed by atoms with E-state index in [4.69, 9.17) is 9.47 Å². The average molecular weight is 470 g/mol. The van der Waals surface area contributed by atoms with E-state index < -0.39 is 0 Å². The van der Waals surface area contributed by atoms with E-state index in [1.165, 1.54) is 6.07 Å². The third kappa shape index (κ3) is 5.24. The highest BCUT2D eigenvalue weighted by Crippen LogP contribution is 2.31. The Kier molecular flexibility index (Phi) is 7.26. The second-order valence-corrected chi connectivity index (χ2v) is 8.20. The Labute approximate surface area is 204 Å². The number of carbonyl (C=O) groups is 1. The maximum absolute atomic E-state index is 11.4. The fourth-order valence-electron chi connectivity index (χ4n) is 3.74. The van der Waals surface area contributed by atoms with Crippen molar-refractivity contribution in [3.8, 4) is 28.6 Å². The van der Waals surface area contributed by atoms with E-state index in [0.29, 0.717) is 12.0 Å². The lowest BCUT2D eigenvalue weighted by atomic mass is 10.1. The van der Waals surface area contributed by atoms with Gasteiger partial charge in [0.1, 0.15) is 23.9 Å². The zero-order valence-corrected chi connectivity index (χ0v) is 19.9. The fourth-order valence-corrected chi connectivity index (χ4v) is 3.74. The van der Waals surface area contributed by atoms with Gasteiger partial charge in [-0.15, -0.1) is 0 Å². The molecule has 4 rings (SSSR count). The van der Waals surface area contributed by atoms with Crippen LogP contribution in [0.25, 0.3) is 23.5 Å². The molecule has 7 nitrogen and oxygen atoms in total. The minimum Gasteiger partial charge on any atom is -0.507 e. The number of methoxy groups -OCH3 is 1. The number of nitrogens with zero attached hydrogens (tertiary/aromatic N) is 3. The third-order valence-corrected chi connectivity index (χ3v) is 5.54. The summed E-state index contributed by atoms with van der Waals surface area (Å²) in [4.78, 5) is 16.1. The van der Waals surface area contributed by atoms with Gasteiger partial charge in [-0.25, -0.2) is 0 Å². The van der Waals surface area contributed by atoms with Crippen LogP contribution in [-0.4, -0.2) is 33.3 Å². The number of ether oxygens (including phenoxy) is 2. The van der Waals surface area contributed by atoms with E-state index in [9.17, 15) is 9.90 Å². The number of aromatic hydroxyl groups is 1. The van der Waals surface area contributed by atoms with Crippen molar-refractivity contribution in [3.63, 3.8) is 0 Å². The number of phenols is 1. The summed E-state index contributed by atoms with van der Waals surface area (Å²) in [6, 6.07) is 16.4. The standard InChI is InChI=1S/C28H27N3O4/c1-19(2)31-28(21(16-30-31)12-9-20-10-13-23(34-3)14-11-20)27-22(6-5-15-29-27)18-35-26-8-4-7-25(33)24(26)17-32/h4-17,19,33H,18H2,1-3H3/b12-9+. The monoisotopic (exact) mass is 469 g/mol. The highest BCUT2D eigenvalue weighted by molar-refractivity contribution is 5.83. The topological polar surface area (TPSA) is 86.5 Å². The van der Waals surface area contributed by atoms with Crippen molar-refractivity contribution in [3.05, 3.63) is 89.2 Å². The molecule has 35 heavy (non-hydrogen) atoms. The van der Waals surface area contributed by atoms with Crippen LogP contribution in [0.4, 0.5) is 0 Å². The molecule has 0 unspecified atom stereocenters. The number of hydrogen-bond acceptors (Lipinski definition) is 6. The zero-order chi connectivity index (χ0) is 24.8. The van der Waals surface area contributed by atoms with Crippen molar-refractivity contribution < 1.29 is 19.4 Å². The van der Waals surface area contributed by atoms with Gasteiger partial charge in [0.25, 0.3) is 0 Å². The summed E-state index contributed by atoms with van der Waals surface area (Å²) in [5.74, 6) is 0.998. The predicted octanol–water partition coefficient (Wildman–Crippen LogP) is 5.80. The highest BCUT2D eigenvalue weighted by Gasteiger charge is 2.19. The summed E-state index contributed by atoms with van der Waals surface area (Å²) in [6.07, 6.45) is 8.19. The van der Waals surface area contributed by atoms with E-state index in [-0.39, 0.29) is 24.0 Å². The van der Waals surface area contributed by atoms with Gasteiger partial charge in [-0.1, -0.05) is 36.4 Å². The van der Waals surface area contributed by atoms with Crippen LogP contribution in [0.3, 0.4) is 0 Å². The second kappa shape index (κ2) is 10.7. The van der Waals surface area contributed by atoms with E-state index in [1.54, 1.807) is 25.4 Å². The molecule has 0 aliphatic heterocycles. The molecule has 1 N–H and O–H groups in total. The maximum Gasteiger partial charge on any atom is 0.157 e. The molecule has 0 saturated heterocycles. The van der Waals surface area contributed by atoms with Gasteiger partial charge >= 0.3 is 0 Å². The number of rotatable bonds is 9. The van der Waals surface area contributed by atoms with Gasteiger partial charge in [-0.05, 0) is 49.7 Å². The summed E-state index contributed by atoms with van der Waals surface area (Å²) in [7, 11) is 1.64. The van der Waals surface area contributed by atoms with Gasteiger partial charge in [0.2, 0.25) is 0 Å². The number of aldehydes is 1. The van der Waals surface area contributed by atoms with Crippen molar-refractivity contribution in [2.45, 2.75) is 26.5 Å². The lowest BCUT2D eigenvalue weighted by molar-refractivity contribution is 0.111. The summed E-state index contributed by atoms with van der Waals surface area (Å²) >= 11 is 0. The van der Waals surface area contributed by atoms with Crippen LogP contribution in [0.2, 0.25) is 0 Å². The number of benzene rings is 2. The Balaban J connectivity index is 1.69. The van der Waals surface area contributed by atoms with E-state index in [1.807, 2.05) is 59.4 Å². The van der Waals surface area contributed by atoms with Gasteiger partial charge in [-0.3, -0.25) is 14.5 Å². The number of aromatic nitrogens is 3. The molecule has 0 aliphatic carbocycles. The van der Waals surface area contributed by atoms with Crippen molar-refractivity contribution in [2.75, 3.05) is 7.11 Å². The number of carbonyl (C=O) groups excluding carboxylic acids is 1. The fraction of sp³-hybridized carbons (Fsp3) is 0.179. The van der Waals surface area contributed by atoms with E-state index in [0.717, 1.165) is 33.8 Å². The molecule has 0 atom stereocenters. The molecule has 0 amide bonds. The second-order valence-electron chi connectivity index (χ2n) is 8.20. The Hall–Kier alpha value is -4.39. The van der Waals surface area contributed by atoms with Crippen LogP contribution in [-0.2, 0) is 6.61 Å². The predicted molar refractivity (Wildman–Crippen MR) is 136 cm³/mol. The zero-order valence-electron chi connectivity index (χ0n) is 19.9. The molecule has 7 heteroatoms. The van der Waals surface area contributed by atoms with Gasteiger partial charge in [-0.2, -0.15) is 5.10 Å². The van der Waals surface area contributed by atoms with Crippen LogP contribution >= 0.6 is 0 Å². The molecule has 178 valence electrons. The quantitative estimate of drug-likeness (QED) is 0.312. The Bertz CT molecular complexity index is 1340. The SMILES string of the molecule is COc1ccc(/C=C/c2cnn(C(C)C)c2-c2ncccc2COc2cccc(O)c2C=O)cc1. The first-order valence-electron chi connectivity index (χ1n) is 11.3. The molecule has 0 spiro atoms. The van der Waals surface area contributed by atoms with Crippen LogP contribution in [0.1, 0.15) is 46.9 Å². The first-order valence-corrected chi connectivity index (χ1v) is 11.3.